The third kappa shape index (κ3) is 4.10. The molecule has 1 N–H and O–H groups in total. The van der Waals surface area contributed by atoms with E-state index in [1.165, 1.54) is 18.4 Å². The van der Waals surface area contributed by atoms with E-state index in [-0.39, 0.29) is 12.3 Å². The minimum Gasteiger partial charge on any atom is -0.465 e. The van der Waals surface area contributed by atoms with Crippen molar-refractivity contribution in [3.05, 3.63) is 52.5 Å². The number of rotatable bonds is 6. The van der Waals surface area contributed by atoms with Gasteiger partial charge >= 0.3 is 5.97 Å². The molecule has 2 aromatic heterocycles. The molecule has 3 rings (SSSR count). The van der Waals surface area contributed by atoms with Gasteiger partial charge in [0.25, 0.3) is 0 Å². The molecule has 25 heavy (non-hydrogen) atoms. The molecular weight excluding hydrogens is 342 g/mol. The summed E-state index contributed by atoms with van der Waals surface area (Å²) in [6.45, 7) is 0. The van der Waals surface area contributed by atoms with Gasteiger partial charge in [-0.05, 0) is 11.4 Å². The molecule has 1 amide bonds. The zero-order valence-corrected chi connectivity index (χ0v) is 14.2. The van der Waals surface area contributed by atoms with E-state index in [1.807, 2.05) is 30.3 Å². The molecule has 128 valence electrons. The first-order chi connectivity index (χ1) is 12.2. The lowest BCUT2D eigenvalue weighted by Crippen LogP contribution is -2.14. The van der Waals surface area contributed by atoms with E-state index < -0.39 is 5.97 Å². The molecule has 2 heterocycles. The normalized spacial score (nSPS) is 10.4. The van der Waals surface area contributed by atoms with Crippen LogP contribution in [0.3, 0.4) is 0 Å². The van der Waals surface area contributed by atoms with Crippen LogP contribution in [0.15, 0.2) is 46.3 Å². The average Bonchev–Trinajstić information content (AvgIpc) is 3.29. The molecule has 0 radical (unpaired) electrons. The number of carbonyl (C=O) groups excluding carboxylic acids is 2. The van der Waals surface area contributed by atoms with E-state index in [9.17, 15) is 9.59 Å². The largest absolute Gasteiger partial charge is 0.465 e. The third-order valence-electron chi connectivity index (χ3n) is 3.38. The molecule has 0 spiro atoms. The zero-order valence-electron chi connectivity index (χ0n) is 13.4. The highest BCUT2D eigenvalue weighted by Crippen LogP contribution is 2.23. The highest BCUT2D eigenvalue weighted by molar-refractivity contribution is 7.12. The van der Waals surface area contributed by atoms with Crippen molar-refractivity contribution in [2.45, 2.75) is 12.8 Å². The van der Waals surface area contributed by atoms with Crippen molar-refractivity contribution in [3.63, 3.8) is 0 Å². The minimum absolute atomic E-state index is 0.160. The van der Waals surface area contributed by atoms with Crippen molar-refractivity contribution in [3.8, 4) is 11.4 Å². The average molecular weight is 357 g/mol. The summed E-state index contributed by atoms with van der Waals surface area (Å²) in [5.41, 5.74) is 1.29. The Kier molecular flexibility index (Phi) is 5.20. The van der Waals surface area contributed by atoms with E-state index in [4.69, 9.17) is 4.52 Å². The third-order valence-corrected chi connectivity index (χ3v) is 4.27. The van der Waals surface area contributed by atoms with Crippen LogP contribution >= 0.6 is 11.3 Å². The highest BCUT2D eigenvalue weighted by Gasteiger charge is 2.16. The number of benzene rings is 1. The van der Waals surface area contributed by atoms with Crippen LogP contribution in [0, 0.1) is 0 Å². The second-order valence-electron chi connectivity index (χ2n) is 5.08. The van der Waals surface area contributed by atoms with Gasteiger partial charge in [-0.15, -0.1) is 11.3 Å². The van der Waals surface area contributed by atoms with Crippen molar-refractivity contribution in [2.24, 2.45) is 0 Å². The molecule has 3 aromatic rings. The van der Waals surface area contributed by atoms with Crippen LogP contribution < -0.4 is 5.32 Å². The molecule has 8 heteroatoms. The molecule has 0 saturated carbocycles. The van der Waals surface area contributed by atoms with Crippen LogP contribution in [0.25, 0.3) is 11.4 Å². The van der Waals surface area contributed by atoms with E-state index in [0.717, 1.165) is 5.56 Å². The Morgan fingerprint density at radius 2 is 2.04 bits per heavy atom. The summed E-state index contributed by atoms with van der Waals surface area (Å²) in [7, 11) is 1.30. The Morgan fingerprint density at radius 3 is 2.80 bits per heavy atom. The predicted molar refractivity (Wildman–Crippen MR) is 92.3 cm³/mol. The van der Waals surface area contributed by atoms with Gasteiger partial charge in [-0.3, -0.25) is 4.79 Å². The number of esters is 1. The van der Waals surface area contributed by atoms with E-state index in [2.05, 4.69) is 20.2 Å². The van der Waals surface area contributed by atoms with Crippen molar-refractivity contribution in [1.82, 2.24) is 10.1 Å². The number of nitrogens with zero attached hydrogens (tertiary/aromatic N) is 2. The summed E-state index contributed by atoms with van der Waals surface area (Å²) in [4.78, 5) is 28.3. The molecule has 0 aliphatic carbocycles. The van der Waals surface area contributed by atoms with Gasteiger partial charge in [0.15, 0.2) is 0 Å². The fraction of sp³-hybridized carbons (Fsp3) is 0.176. The van der Waals surface area contributed by atoms with Crippen LogP contribution in [0.4, 0.5) is 5.69 Å². The maximum atomic E-state index is 12.1. The van der Waals surface area contributed by atoms with Crippen LogP contribution in [-0.4, -0.2) is 29.1 Å². The van der Waals surface area contributed by atoms with Gasteiger partial charge in [0.1, 0.15) is 4.88 Å². The SMILES string of the molecule is COC(=O)c1sccc1NC(=O)CCc1nc(-c2ccccc2)no1. The summed E-state index contributed by atoms with van der Waals surface area (Å²) in [5.74, 6) is 0.145. The quantitative estimate of drug-likeness (QED) is 0.681. The number of thiophene rings is 1. The standard InChI is InChI=1S/C17H15N3O4S/c1-23-17(22)15-12(9-10-25-15)18-13(21)7-8-14-19-16(20-24-14)11-5-3-2-4-6-11/h2-6,9-10H,7-8H2,1H3,(H,18,21). The zero-order chi connectivity index (χ0) is 17.6. The molecular formula is C17H15N3O4S. The second kappa shape index (κ2) is 7.71. The Morgan fingerprint density at radius 1 is 1.24 bits per heavy atom. The van der Waals surface area contributed by atoms with Gasteiger partial charge in [0.2, 0.25) is 17.6 Å². The Bertz CT molecular complexity index is 873. The monoisotopic (exact) mass is 357 g/mol. The lowest BCUT2D eigenvalue weighted by molar-refractivity contribution is -0.116. The Balaban J connectivity index is 1.57. The van der Waals surface area contributed by atoms with Crippen LogP contribution in [0.5, 0.6) is 0 Å². The summed E-state index contributed by atoms with van der Waals surface area (Å²) in [5, 5.41) is 8.32. The molecule has 0 atom stereocenters. The van der Waals surface area contributed by atoms with Gasteiger partial charge in [-0.1, -0.05) is 35.5 Å². The Hall–Kier alpha value is -3.00. The minimum atomic E-state index is -0.477. The maximum Gasteiger partial charge on any atom is 0.350 e. The molecule has 7 nitrogen and oxygen atoms in total. The second-order valence-corrected chi connectivity index (χ2v) is 6.00. The molecule has 0 bridgehead atoms. The highest BCUT2D eigenvalue weighted by atomic mass is 32.1. The Labute approximate surface area is 147 Å². The number of aromatic nitrogens is 2. The topological polar surface area (TPSA) is 94.3 Å². The van der Waals surface area contributed by atoms with E-state index in [1.54, 1.807) is 11.4 Å². The van der Waals surface area contributed by atoms with Gasteiger partial charge in [0, 0.05) is 18.4 Å². The van der Waals surface area contributed by atoms with Gasteiger partial charge in [-0.2, -0.15) is 4.98 Å². The number of anilines is 1. The number of hydrogen-bond donors (Lipinski definition) is 1. The van der Waals surface area contributed by atoms with E-state index in [0.29, 0.717) is 28.7 Å². The number of amides is 1. The lowest BCUT2D eigenvalue weighted by Gasteiger charge is -2.04. The van der Waals surface area contributed by atoms with Crippen molar-refractivity contribution in [2.75, 3.05) is 12.4 Å². The first-order valence-electron chi connectivity index (χ1n) is 7.51. The van der Waals surface area contributed by atoms with Crippen LogP contribution in [0.1, 0.15) is 22.0 Å². The molecule has 0 saturated heterocycles. The van der Waals surface area contributed by atoms with Crippen LogP contribution in [0.2, 0.25) is 0 Å². The molecule has 1 aromatic carbocycles. The summed E-state index contributed by atoms with van der Waals surface area (Å²) in [6, 6.07) is 11.1. The number of hydrogen-bond acceptors (Lipinski definition) is 7. The van der Waals surface area contributed by atoms with Gasteiger partial charge in [0.05, 0.1) is 12.8 Å². The van der Waals surface area contributed by atoms with Crippen LogP contribution in [-0.2, 0) is 16.0 Å². The number of aryl methyl sites for hydroxylation is 1. The number of nitrogens with one attached hydrogen (secondary N) is 1. The molecule has 0 fully saturated rings. The first kappa shape index (κ1) is 16.8. The van der Waals surface area contributed by atoms with E-state index >= 15 is 0 Å². The lowest BCUT2D eigenvalue weighted by atomic mass is 10.2. The smallest absolute Gasteiger partial charge is 0.350 e. The molecule has 0 unspecified atom stereocenters. The maximum absolute atomic E-state index is 12.1. The van der Waals surface area contributed by atoms with Crippen molar-refractivity contribution >= 4 is 28.9 Å². The molecule has 0 aliphatic heterocycles. The number of ether oxygens (including phenoxy) is 1. The summed E-state index contributed by atoms with van der Waals surface area (Å²) < 4.78 is 9.85. The first-order valence-corrected chi connectivity index (χ1v) is 8.39. The van der Waals surface area contributed by atoms with Gasteiger partial charge in [-0.25, -0.2) is 4.79 Å². The van der Waals surface area contributed by atoms with Gasteiger partial charge < -0.3 is 14.6 Å². The number of methoxy groups -OCH3 is 1. The fourth-order valence-corrected chi connectivity index (χ4v) is 2.92. The van der Waals surface area contributed by atoms with Crippen molar-refractivity contribution < 1.29 is 18.8 Å². The molecule has 0 aliphatic rings. The number of carbonyl (C=O) groups is 2. The summed E-state index contributed by atoms with van der Waals surface area (Å²) in [6.07, 6.45) is 0.468. The predicted octanol–water partition coefficient (Wildman–Crippen LogP) is 3.16. The summed E-state index contributed by atoms with van der Waals surface area (Å²) >= 11 is 1.21. The van der Waals surface area contributed by atoms with Crippen molar-refractivity contribution in [1.29, 1.82) is 0 Å². The fourth-order valence-electron chi connectivity index (χ4n) is 2.15.